The number of rotatable bonds is 13. The third kappa shape index (κ3) is 5.83. The van der Waals surface area contributed by atoms with E-state index in [-0.39, 0.29) is 17.9 Å². The fourth-order valence-corrected chi connectivity index (χ4v) is 4.69. The van der Waals surface area contributed by atoms with Gasteiger partial charge in [0, 0.05) is 44.6 Å². The van der Waals surface area contributed by atoms with Crippen LogP contribution in [0.15, 0.2) is 46.1 Å². The standard InChI is InChI=1S/C26H36N8O3/c1-3-11-34-25(36)23-24(33(26(34)37)12-9-19-6-5-7-20(27)17-19)29-22(18-21-8-10-28-30-21)32(23)14-13-31(4-2)15-16-35/h5-8,10,17,35H,3-4,9,11-16,18,27H2,1-2H3,(H,28,30). The molecule has 0 saturated heterocycles. The first-order valence-electron chi connectivity index (χ1n) is 12.9. The quantitative estimate of drug-likeness (QED) is 0.231. The first-order chi connectivity index (χ1) is 18.0. The maximum Gasteiger partial charge on any atom is 0.332 e. The number of hydrogen-bond acceptors (Lipinski definition) is 7. The fourth-order valence-electron chi connectivity index (χ4n) is 4.69. The smallest absolute Gasteiger partial charge is 0.332 e. The van der Waals surface area contributed by atoms with Crippen LogP contribution in [0.4, 0.5) is 5.69 Å². The van der Waals surface area contributed by atoms with Gasteiger partial charge in [0.05, 0.1) is 18.7 Å². The molecule has 0 saturated carbocycles. The number of nitrogen functional groups attached to an aromatic ring is 1. The maximum absolute atomic E-state index is 13.7. The summed E-state index contributed by atoms with van der Waals surface area (Å²) in [6.45, 7) is 7.19. The molecule has 0 aliphatic rings. The molecular weight excluding hydrogens is 472 g/mol. The van der Waals surface area contributed by atoms with Gasteiger partial charge in [0.25, 0.3) is 5.56 Å². The Balaban J connectivity index is 1.85. The summed E-state index contributed by atoms with van der Waals surface area (Å²) in [6, 6.07) is 9.46. The van der Waals surface area contributed by atoms with Crippen molar-refractivity contribution in [3.8, 4) is 0 Å². The Morgan fingerprint density at radius 3 is 2.57 bits per heavy atom. The van der Waals surface area contributed by atoms with Gasteiger partial charge in [-0.25, -0.2) is 9.78 Å². The van der Waals surface area contributed by atoms with E-state index in [9.17, 15) is 14.7 Å². The van der Waals surface area contributed by atoms with Crippen LogP contribution in [0.25, 0.3) is 11.2 Å². The lowest BCUT2D eigenvalue weighted by Gasteiger charge is -2.20. The van der Waals surface area contributed by atoms with Crippen LogP contribution in [0.3, 0.4) is 0 Å². The molecule has 0 aliphatic heterocycles. The van der Waals surface area contributed by atoms with E-state index < -0.39 is 0 Å². The topological polar surface area (TPSA) is 140 Å². The van der Waals surface area contributed by atoms with E-state index in [4.69, 9.17) is 10.7 Å². The van der Waals surface area contributed by atoms with Crippen molar-refractivity contribution in [1.82, 2.24) is 33.8 Å². The minimum absolute atomic E-state index is 0.0610. The van der Waals surface area contributed by atoms with Gasteiger partial charge in [0.15, 0.2) is 11.2 Å². The number of aliphatic hydroxyl groups excluding tert-OH is 1. The molecule has 11 nitrogen and oxygen atoms in total. The number of imidazole rings is 1. The lowest BCUT2D eigenvalue weighted by molar-refractivity contribution is 0.197. The van der Waals surface area contributed by atoms with Crippen LogP contribution in [-0.4, -0.2) is 65.1 Å². The maximum atomic E-state index is 13.7. The number of aromatic nitrogens is 6. The molecule has 1 aromatic carbocycles. The molecule has 4 aromatic rings. The zero-order chi connectivity index (χ0) is 26.4. The second kappa shape index (κ2) is 12.0. The molecule has 0 aliphatic carbocycles. The number of aliphatic hydroxyl groups is 1. The van der Waals surface area contributed by atoms with Crippen molar-refractivity contribution in [2.24, 2.45) is 0 Å². The Kier molecular flexibility index (Phi) is 8.57. The number of likely N-dealkylation sites (N-methyl/N-ethyl adjacent to an activating group) is 1. The average Bonchev–Trinajstić information content (AvgIpc) is 3.52. The number of fused-ring (bicyclic) bond motifs is 1. The molecule has 0 fully saturated rings. The number of H-pyrrole nitrogens is 1. The number of nitrogens with one attached hydrogen (secondary N) is 1. The number of aromatic amines is 1. The summed E-state index contributed by atoms with van der Waals surface area (Å²) in [5.74, 6) is 0.672. The Hall–Kier alpha value is -3.70. The Bertz CT molecular complexity index is 1430. The normalized spacial score (nSPS) is 11.7. The lowest BCUT2D eigenvalue weighted by Crippen LogP contribution is -2.41. The van der Waals surface area contributed by atoms with Gasteiger partial charge in [0.2, 0.25) is 0 Å². The third-order valence-corrected chi connectivity index (χ3v) is 6.62. The highest BCUT2D eigenvalue weighted by Crippen LogP contribution is 2.16. The molecule has 3 heterocycles. The summed E-state index contributed by atoms with van der Waals surface area (Å²) in [4.78, 5) is 34.2. The molecule has 0 bridgehead atoms. The Morgan fingerprint density at radius 1 is 1.05 bits per heavy atom. The molecule has 0 spiro atoms. The van der Waals surface area contributed by atoms with E-state index in [0.29, 0.717) is 74.7 Å². The van der Waals surface area contributed by atoms with E-state index >= 15 is 0 Å². The molecule has 0 radical (unpaired) electrons. The molecule has 198 valence electrons. The summed E-state index contributed by atoms with van der Waals surface area (Å²) in [5.41, 5.74) is 8.55. The number of nitrogens with zero attached hydrogens (tertiary/aromatic N) is 6. The molecule has 0 unspecified atom stereocenters. The Morgan fingerprint density at radius 2 is 1.89 bits per heavy atom. The summed E-state index contributed by atoms with van der Waals surface area (Å²) in [5, 5.41) is 16.5. The van der Waals surface area contributed by atoms with Crippen molar-refractivity contribution >= 4 is 16.9 Å². The summed E-state index contributed by atoms with van der Waals surface area (Å²) in [6.07, 6.45) is 3.40. The molecule has 11 heteroatoms. The third-order valence-electron chi connectivity index (χ3n) is 6.62. The second-order valence-corrected chi connectivity index (χ2v) is 9.14. The fraction of sp³-hybridized carbons (Fsp3) is 0.462. The van der Waals surface area contributed by atoms with Crippen molar-refractivity contribution in [1.29, 1.82) is 0 Å². The minimum atomic E-state index is -0.352. The van der Waals surface area contributed by atoms with Crippen LogP contribution >= 0.6 is 0 Å². The van der Waals surface area contributed by atoms with Gasteiger partial charge in [-0.1, -0.05) is 26.0 Å². The van der Waals surface area contributed by atoms with Crippen LogP contribution < -0.4 is 17.0 Å². The van der Waals surface area contributed by atoms with Crippen LogP contribution in [0.2, 0.25) is 0 Å². The number of nitrogens with two attached hydrogens (primary N) is 1. The highest BCUT2D eigenvalue weighted by molar-refractivity contribution is 5.71. The van der Waals surface area contributed by atoms with E-state index in [1.165, 1.54) is 4.57 Å². The molecule has 4 N–H and O–H groups in total. The van der Waals surface area contributed by atoms with E-state index in [0.717, 1.165) is 17.8 Å². The molecule has 4 rings (SSSR count). The van der Waals surface area contributed by atoms with Crippen molar-refractivity contribution in [3.05, 3.63) is 74.4 Å². The van der Waals surface area contributed by atoms with Gasteiger partial charge in [-0.3, -0.25) is 23.9 Å². The van der Waals surface area contributed by atoms with E-state index in [1.807, 2.05) is 48.7 Å². The van der Waals surface area contributed by atoms with Crippen molar-refractivity contribution in [2.75, 3.05) is 32.0 Å². The summed E-state index contributed by atoms with van der Waals surface area (Å²) < 4.78 is 4.87. The van der Waals surface area contributed by atoms with Gasteiger partial charge < -0.3 is 15.4 Å². The second-order valence-electron chi connectivity index (χ2n) is 9.14. The molecular formula is C26H36N8O3. The number of hydrogen-bond donors (Lipinski definition) is 3. The first-order valence-corrected chi connectivity index (χ1v) is 12.9. The lowest BCUT2D eigenvalue weighted by atomic mass is 10.1. The van der Waals surface area contributed by atoms with Crippen LogP contribution in [0.5, 0.6) is 0 Å². The zero-order valence-electron chi connectivity index (χ0n) is 21.6. The van der Waals surface area contributed by atoms with Crippen molar-refractivity contribution in [2.45, 2.75) is 52.7 Å². The summed E-state index contributed by atoms with van der Waals surface area (Å²) >= 11 is 0. The van der Waals surface area contributed by atoms with Gasteiger partial charge in [-0.05, 0) is 43.1 Å². The predicted octanol–water partition coefficient (Wildman–Crippen LogP) is 1.22. The van der Waals surface area contributed by atoms with E-state index in [1.54, 1.807) is 10.8 Å². The monoisotopic (exact) mass is 508 g/mol. The van der Waals surface area contributed by atoms with Gasteiger partial charge in [-0.15, -0.1) is 0 Å². The molecule has 0 atom stereocenters. The predicted molar refractivity (Wildman–Crippen MR) is 144 cm³/mol. The molecule has 0 amide bonds. The van der Waals surface area contributed by atoms with Gasteiger partial charge in [0.1, 0.15) is 5.82 Å². The largest absolute Gasteiger partial charge is 0.399 e. The number of benzene rings is 1. The summed E-state index contributed by atoms with van der Waals surface area (Å²) in [7, 11) is 0. The number of anilines is 1. The van der Waals surface area contributed by atoms with Gasteiger partial charge >= 0.3 is 5.69 Å². The number of aryl methyl sites for hydroxylation is 2. The SMILES string of the molecule is CCCn1c(=O)c2c(nc(Cc3cc[nH]n3)n2CCN(CC)CCO)n(CCc2cccc(N)c2)c1=O. The minimum Gasteiger partial charge on any atom is -0.399 e. The van der Waals surface area contributed by atoms with Crippen LogP contribution in [0.1, 0.15) is 37.4 Å². The van der Waals surface area contributed by atoms with Crippen molar-refractivity contribution in [3.63, 3.8) is 0 Å². The van der Waals surface area contributed by atoms with Gasteiger partial charge in [-0.2, -0.15) is 5.10 Å². The zero-order valence-corrected chi connectivity index (χ0v) is 21.6. The van der Waals surface area contributed by atoms with Crippen molar-refractivity contribution < 1.29 is 5.11 Å². The first kappa shape index (κ1) is 26.4. The van der Waals surface area contributed by atoms with Crippen LogP contribution in [0, 0.1) is 0 Å². The highest BCUT2D eigenvalue weighted by atomic mass is 16.3. The molecule has 3 aromatic heterocycles. The van der Waals surface area contributed by atoms with Crippen LogP contribution in [-0.2, 0) is 32.5 Å². The highest BCUT2D eigenvalue weighted by Gasteiger charge is 2.22. The molecule has 37 heavy (non-hydrogen) atoms. The Labute approximate surface area is 215 Å². The average molecular weight is 509 g/mol. The van der Waals surface area contributed by atoms with E-state index in [2.05, 4.69) is 15.1 Å².